The van der Waals surface area contributed by atoms with Gasteiger partial charge < -0.3 is 10.2 Å². The fourth-order valence-electron chi connectivity index (χ4n) is 3.79. The van der Waals surface area contributed by atoms with E-state index < -0.39 is 0 Å². The first-order valence-electron chi connectivity index (χ1n) is 8.61. The highest BCUT2D eigenvalue weighted by Crippen LogP contribution is 2.58. The van der Waals surface area contributed by atoms with Crippen LogP contribution in [0.1, 0.15) is 37.7 Å². The summed E-state index contributed by atoms with van der Waals surface area (Å²) in [6.45, 7) is 2.14. The Morgan fingerprint density at radius 3 is 3.00 bits per heavy atom. The molecule has 5 nitrogen and oxygen atoms in total. The molecular formula is C18H23N3O2. The number of pyridine rings is 1. The molecule has 1 aromatic heterocycles. The molecule has 1 aromatic rings. The zero-order valence-electron chi connectivity index (χ0n) is 13.3. The third-order valence-electron chi connectivity index (χ3n) is 5.59. The van der Waals surface area contributed by atoms with Crippen LogP contribution in [0.25, 0.3) is 0 Å². The Labute approximate surface area is 136 Å². The molecule has 2 saturated carbocycles. The van der Waals surface area contributed by atoms with Gasteiger partial charge in [-0.2, -0.15) is 0 Å². The Morgan fingerprint density at radius 1 is 1.39 bits per heavy atom. The number of nitrogens with zero attached hydrogens (tertiary/aromatic N) is 2. The smallest absolute Gasteiger partial charge is 0.224 e. The number of nitrogens with one attached hydrogen (secondary N) is 1. The molecular weight excluding hydrogens is 290 g/mol. The molecule has 2 heterocycles. The minimum Gasteiger partial charge on any atom is -0.352 e. The van der Waals surface area contributed by atoms with Gasteiger partial charge in [-0.15, -0.1) is 0 Å². The monoisotopic (exact) mass is 313 g/mol. The zero-order valence-corrected chi connectivity index (χ0v) is 13.3. The van der Waals surface area contributed by atoms with Crippen LogP contribution in [0.4, 0.5) is 0 Å². The molecule has 1 spiro atoms. The predicted molar refractivity (Wildman–Crippen MR) is 85.2 cm³/mol. The molecule has 2 amide bonds. The Morgan fingerprint density at radius 2 is 2.26 bits per heavy atom. The van der Waals surface area contributed by atoms with Crippen LogP contribution >= 0.6 is 0 Å². The highest BCUT2D eigenvalue weighted by atomic mass is 16.2. The number of likely N-dealkylation sites (tertiary alicyclic amines) is 1. The highest BCUT2D eigenvalue weighted by Gasteiger charge is 2.61. The van der Waals surface area contributed by atoms with Crippen molar-refractivity contribution in [2.75, 3.05) is 13.1 Å². The molecule has 1 saturated heterocycles. The van der Waals surface area contributed by atoms with Gasteiger partial charge in [-0.25, -0.2) is 0 Å². The van der Waals surface area contributed by atoms with Crippen LogP contribution in [-0.4, -0.2) is 34.8 Å². The van der Waals surface area contributed by atoms with Gasteiger partial charge in [0.2, 0.25) is 11.8 Å². The van der Waals surface area contributed by atoms with Gasteiger partial charge in [0.05, 0.1) is 0 Å². The van der Waals surface area contributed by atoms with E-state index in [2.05, 4.69) is 10.3 Å². The minimum absolute atomic E-state index is 0.0677. The van der Waals surface area contributed by atoms with E-state index in [1.807, 2.05) is 17.0 Å². The number of carbonyl (C=O) groups excluding carboxylic acids is 2. The van der Waals surface area contributed by atoms with Crippen molar-refractivity contribution < 1.29 is 9.59 Å². The summed E-state index contributed by atoms with van der Waals surface area (Å²) >= 11 is 0. The van der Waals surface area contributed by atoms with Crippen LogP contribution < -0.4 is 5.32 Å². The van der Waals surface area contributed by atoms with E-state index in [4.69, 9.17) is 0 Å². The summed E-state index contributed by atoms with van der Waals surface area (Å²) in [6, 6.07) is 3.84. The predicted octanol–water partition coefficient (Wildman–Crippen LogP) is 1.74. The van der Waals surface area contributed by atoms with E-state index in [1.165, 1.54) is 12.8 Å². The summed E-state index contributed by atoms with van der Waals surface area (Å²) in [5.41, 5.74) is 1.08. The Hall–Kier alpha value is -1.91. The van der Waals surface area contributed by atoms with Crippen molar-refractivity contribution in [2.24, 2.45) is 17.3 Å². The standard InChI is InChI=1S/C18H23N3O2/c22-16(8-13-3-4-13)21-7-5-18(12-21)9-15(18)17(23)20-11-14-2-1-6-19-10-14/h1-2,6,10,13,15H,3-5,7-9,11-12H2,(H,20,23)/t15-,18-/m0/s1. The maximum atomic E-state index is 12.4. The van der Waals surface area contributed by atoms with E-state index in [-0.39, 0.29) is 17.2 Å². The van der Waals surface area contributed by atoms with Crippen molar-refractivity contribution in [1.29, 1.82) is 0 Å². The van der Waals surface area contributed by atoms with Crippen LogP contribution in [0.3, 0.4) is 0 Å². The molecule has 0 bridgehead atoms. The van der Waals surface area contributed by atoms with Crippen LogP contribution in [0, 0.1) is 17.3 Å². The first-order chi connectivity index (χ1) is 11.2. The highest BCUT2D eigenvalue weighted by molar-refractivity contribution is 5.83. The lowest BCUT2D eigenvalue weighted by atomic mass is 10.0. The topological polar surface area (TPSA) is 62.3 Å². The normalized spacial score (nSPS) is 28.9. The van der Waals surface area contributed by atoms with Gasteiger partial charge in [-0.05, 0) is 43.2 Å². The van der Waals surface area contributed by atoms with Gasteiger partial charge in [-0.3, -0.25) is 14.6 Å². The second-order valence-corrected chi connectivity index (χ2v) is 7.41. The lowest BCUT2D eigenvalue weighted by Gasteiger charge is -2.16. The molecule has 2 atom stereocenters. The second kappa shape index (κ2) is 5.62. The molecule has 0 radical (unpaired) electrons. The van der Waals surface area contributed by atoms with Crippen molar-refractivity contribution >= 4 is 11.8 Å². The average Bonchev–Trinajstić information content (AvgIpc) is 3.45. The largest absolute Gasteiger partial charge is 0.352 e. The Balaban J connectivity index is 1.27. The third kappa shape index (κ3) is 3.09. The summed E-state index contributed by atoms with van der Waals surface area (Å²) in [5, 5.41) is 3.02. The maximum absolute atomic E-state index is 12.4. The third-order valence-corrected chi connectivity index (χ3v) is 5.59. The number of aromatic nitrogens is 1. The van der Waals surface area contributed by atoms with Gasteiger partial charge in [-0.1, -0.05) is 6.07 Å². The van der Waals surface area contributed by atoms with Crippen molar-refractivity contribution in [3.63, 3.8) is 0 Å². The second-order valence-electron chi connectivity index (χ2n) is 7.41. The quantitative estimate of drug-likeness (QED) is 0.900. The van der Waals surface area contributed by atoms with Gasteiger partial charge in [0.1, 0.15) is 0 Å². The number of hydrogen-bond donors (Lipinski definition) is 1. The van der Waals surface area contributed by atoms with Crippen LogP contribution in [0.15, 0.2) is 24.5 Å². The first kappa shape index (κ1) is 14.7. The molecule has 23 heavy (non-hydrogen) atoms. The summed E-state index contributed by atoms with van der Waals surface area (Å²) < 4.78 is 0. The van der Waals surface area contributed by atoms with E-state index in [0.29, 0.717) is 24.8 Å². The van der Waals surface area contributed by atoms with E-state index in [0.717, 1.165) is 31.5 Å². The van der Waals surface area contributed by atoms with Crippen LogP contribution in [0.2, 0.25) is 0 Å². The minimum atomic E-state index is 0.0677. The van der Waals surface area contributed by atoms with Gasteiger partial charge in [0, 0.05) is 49.8 Å². The molecule has 0 unspecified atom stereocenters. The van der Waals surface area contributed by atoms with Gasteiger partial charge in [0.25, 0.3) is 0 Å². The van der Waals surface area contributed by atoms with Crippen LogP contribution in [0.5, 0.6) is 0 Å². The summed E-state index contributed by atoms with van der Waals surface area (Å²) in [6.07, 6.45) is 8.55. The molecule has 5 heteroatoms. The molecule has 122 valence electrons. The van der Waals surface area contributed by atoms with Crippen molar-refractivity contribution in [2.45, 2.75) is 38.6 Å². The van der Waals surface area contributed by atoms with Crippen LogP contribution in [-0.2, 0) is 16.1 Å². The molecule has 2 aliphatic carbocycles. The van der Waals surface area contributed by atoms with Crippen molar-refractivity contribution in [3.8, 4) is 0 Å². The molecule has 0 aromatic carbocycles. The lowest BCUT2D eigenvalue weighted by molar-refractivity contribution is -0.131. The molecule has 3 aliphatic rings. The fourth-order valence-corrected chi connectivity index (χ4v) is 3.79. The maximum Gasteiger partial charge on any atom is 0.224 e. The number of rotatable bonds is 5. The first-order valence-corrected chi connectivity index (χ1v) is 8.61. The zero-order chi connectivity index (χ0) is 15.9. The average molecular weight is 313 g/mol. The summed E-state index contributed by atoms with van der Waals surface area (Å²) in [4.78, 5) is 30.6. The Kier molecular flexibility index (Phi) is 3.58. The summed E-state index contributed by atoms with van der Waals surface area (Å²) in [7, 11) is 0. The number of amides is 2. The molecule has 3 fully saturated rings. The SMILES string of the molecule is O=C(NCc1cccnc1)[C@@H]1C[C@]12CCN(C(=O)CC1CC1)C2. The van der Waals surface area contributed by atoms with Crippen molar-refractivity contribution in [1.82, 2.24) is 15.2 Å². The van der Waals surface area contributed by atoms with E-state index in [9.17, 15) is 9.59 Å². The fraction of sp³-hybridized carbons (Fsp3) is 0.611. The lowest BCUT2D eigenvalue weighted by Crippen LogP contribution is -2.31. The van der Waals surface area contributed by atoms with Gasteiger partial charge >= 0.3 is 0 Å². The molecule has 1 aliphatic heterocycles. The van der Waals surface area contributed by atoms with Gasteiger partial charge in [0.15, 0.2) is 0 Å². The number of carbonyl (C=O) groups is 2. The summed E-state index contributed by atoms with van der Waals surface area (Å²) in [5.74, 6) is 1.14. The number of hydrogen-bond acceptors (Lipinski definition) is 3. The van der Waals surface area contributed by atoms with E-state index >= 15 is 0 Å². The molecule has 1 N–H and O–H groups in total. The van der Waals surface area contributed by atoms with Crippen molar-refractivity contribution in [3.05, 3.63) is 30.1 Å². The Bertz CT molecular complexity index is 614. The van der Waals surface area contributed by atoms with E-state index in [1.54, 1.807) is 12.4 Å². The molecule has 4 rings (SSSR count).